The van der Waals surface area contributed by atoms with Crippen molar-refractivity contribution >= 4 is 29.9 Å². The third-order valence-corrected chi connectivity index (χ3v) is 4.15. The van der Waals surface area contributed by atoms with Crippen LogP contribution in [0.4, 0.5) is 5.69 Å². The molecule has 1 aliphatic heterocycles. The first-order chi connectivity index (χ1) is 10.6. The highest BCUT2D eigenvalue weighted by molar-refractivity contribution is 5.99. The third kappa shape index (κ3) is 4.43. The van der Waals surface area contributed by atoms with Crippen molar-refractivity contribution < 1.29 is 14.3 Å². The van der Waals surface area contributed by atoms with Crippen LogP contribution >= 0.6 is 12.4 Å². The van der Waals surface area contributed by atoms with Crippen molar-refractivity contribution in [3.05, 3.63) is 29.8 Å². The summed E-state index contributed by atoms with van der Waals surface area (Å²) in [7, 11) is 0. The number of halogens is 1. The number of nitrogens with two attached hydrogens (primary N) is 1. The lowest BCUT2D eigenvalue weighted by molar-refractivity contribution is -0.124. The molecule has 1 aromatic rings. The quantitative estimate of drug-likeness (QED) is 0.774. The SMILES string of the molecule is Cl.NC1(C(=O)Nc2ccc(C(=O)NC3CC3)cc2)CCOCC1. The number of amides is 2. The zero-order chi connectivity index (χ0) is 15.6. The molecule has 3 rings (SSSR count). The van der Waals surface area contributed by atoms with Gasteiger partial charge in [-0.2, -0.15) is 0 Å². The van der Waals surface area contributed by atoms with Crippen LogP contribution in [0.3, 0.4) is 0 Å². The molecule has 0 radical (unpaired) electrons. The minimum Gasteiger partial charge on any atom is -0.381 e. The molecular formula is C16H22ClN3O3. The normalized spacial score (nSPS) is 19.3. The van der Waals surface area contributed by atoms with Crippen molar-refractivity contribution in [1.82, 2.24) is 5.32 Å². The van der Waals surface area contributed by atoms with E-state index < -0.39 is 5.54 Å². The second kappa shape index (κ2) is 7.29. The van der Waals surface area contributed by atoms with Crippen molar-refractivity contribution in [2.75, 3.05) is 18.5 Å². The summed E-state index contributed by atoms with van der Waals surface area (Å²) in [6.45, 7) is 1.01. The van der Waals surface area contributed by atoms with Crippen LogP contribution in [-0.2, 0) is 9.53 Å². The van der Waals surface area contributed by atoms with Gasteiger partial charge >= 0.3 is 0 Å². The maximum Gasteiger partial charge on any atom is 0.251 e. The molecule has 0 unspecified atom stereocenters. The van der Waals surface area contributed by atoms with E-state index >= 15 is 0 Å². The predicted octanol–water partition coefficient (Wildman–Crippen LogP) is 1.45. The minimum absolute atomic E-state index is 0. The van der Waals surface area contributed by atoms with Crippen LogP contribution in [-0.4, -0.2) is 36.6 Å². The highest BCUT2D eigenvalue weighted by Gasteiger charge is 2.35. The van der Waals surface area contributed by atoms with E-state index in [2.05, 4.69) is 10.6 Å². The largest absolute Gasteiger partial charge is 0.381 e. The molecule has 1 saturated heterocycles. The van der Waals surface area contributed by atoms with Gasteiger partial charge in [0.25, 0.3) is 5.91 Å². The van der Waals surface area contributed by atoms with E-state index in [0.29, 0.717) is 43.3 Å². The Kier molecular flexibility index (Phi) is 5.62. The lowest BCUT2D eigenvalue weighted by Crippen LogP contribution is -2.54. The Bertz CT molecular complexity index is 566. The summed E-state index contributed by atoms with van der Waals surface area (Å²) in [5.41, 5.74) is 6.50. The second-order valence-electron chi connectivity index (χ2n) is 6.05. The average molecular weight is 340 g/mol. The fourth-order valence-electron chi connectivity index (χ4n) is 2.42. The first kappa shape index (κ1) is 17.7. The van der Waals surface area contributed by atoms with Crippen molar-refractivity contribution in [3.8, 4) is 0 Å². The van der Waals surface area contributed by atoms with Gasteiger partial charge in [0.15, 0.2) is 0 Å². The molecule has 1 aliphatic carbocycles. The van der Waals surface area contributed by atoms with Crippen molar-refractivity contribution in [3.63, 3.8) is 0 Å². The highest BCUT2D eigenvalue weighted by Crippen LogP contribution is 2.21. The predicted molar refractivity (Wildman–Crippen MR) is 89.8 cm³/mol. The van der Waals surface area contributed by atoms with E-state index in [1.165, 1.54) is 0 Å². The van der Waals surface area contributed by atoms with Gasteiger partial charge in [-0.05, 0) is 49.9 Å². The van der Waals surface area contributed by atoms with Crippen LogP contribution in [0, 0.1) is 0 Å². The summed E-state index contributed by atoms with van der Waals surface area (Å²) >= 11 is 0. The van der Waals surface area contributed by atoms with Crippen LogP contribution in [0.1, 0.15) is 36.0 Å². The number of hydrogen-bond donors (Lipinski definition) is 3. The molecule has 23 heavy (non-hydrogen) atoms. The van der Waals surface area contributed by atoms with Crippen molar-refractivity contribution in [2.45, 2.75) is 37.3 Å². The minimum atomic E-state index is -0.875. The zero-order valence-corrected chi connectivity index (χ0v) is 13.7. The van der Waals surface area contributed by atoms with Gasteiger partial charge in [0, 0.05) is 30.5 Å². The van der Waals surface area contributed by atoms with Crippen LogP contribution in [0.15, 0.2) is 24.3 Å². The Labute approximate surface area is 141 Å². The topological polar surface area (TPSA) is 93.5 Å². The summed E-state index contributed by atoms with van der Waals surface area (Å²) in [4.78, 5) is 24.2. The van der Waals surface area contributed by atoms with E-state index in [-0.39, 0.29) is 24.2 Å². The maximum absolute atomic E-state index is 12.3. The molecule has 2 aliphatic rings. The molecular weight excluding hydrogens is 318 g/mol. The third-order valence-electron chi connectivity index (χ3n) is 4.15. The number of carbonyl (C=O) groups excluding carboxylic acids is 2. The van der Waals surface area contributed by atoms with Crippen LogP contribution < -0.4 is 16.4 Å². The smallest absolute Gasteiger partial charge is 0.251 e. The Morgan fingerprint density at radius 3 is 2.30 bits per heavy atom. The molecule has 7 heteroatoms. The van der Waals surface area contributed by atoms with Crippen LogP contribution in [0.25, 0.3) is 0 Å². The number of carbonyl (C=O) groups is 2. The van der Waals surface area contributed by atoms with Gasteiger partial charge in [0.2, 0.25) is 5.91 Å². The molecule has 1 heterocycles. The van der Waals surface area contributed by atoms with Crippen molar-refractivity contribution in [2.24, 2.45) is 5.73 Å². The molecule has 0 atom stereocenters. The fourth-order valence-corrected chi connectivity index (χ4v) is 2.42. The number of hydrogen-bond acceptors (Lipinski definition) is 4. The molecule has 2 fully saturated rings. The van der Waals surface area contributed by atoms with E-state index in [1.54, 1.807) is 24.3 Å². The number of anilines is 1. The molecule has 6 nitrogen and oxygen atoms in total. The van der Waals surface area contributed by atoms with Gasteiger partial charge in [0.05, 0.1) is 0 Å². The Morgan fingerprint density at radius 1 is 1.13 bits per heavy atom. The second-order valence-corrected chi connectivity index (χ2v) is 6.05. The standard InChI is InChI=1S/C16H21N3O3.ClH/c17-16(7-9-22-10-8-16)15(21)19-13-3-1-11(2-4-13)14(20)18-12-5-6-12;/h1-4,12H,5-10,17H2,(H,18,20)(H,19,21);1H. The summed E-state index contributed by atoms with van der Waals surface area (Å²) in [6.07, 6.45) is 3.14. The maximum atomic E-state index is 12.3. The summed E-state index contributed by atoms with van der Waals surface area (Å²) in [6, 6.07) is 7.20. The number of benzene rings is 1. The van der Waals surface area contributed by atoms with E-state index in [1.807, 2.05) is 0 Å². The van der Waals surface area contributed by atoms with Gasteiger partial charge in [-0.3, -0.25) is 9.59 Å². The summed E-state index contributed by atoms with van der Waals surface area (Å²) in [5.74, 6) is -0.272. The van der Waals surface area contributed by atoms with E-state index in [9.17, 15) is 9.59 Å². The number of rotatable bonds is 4. The average Bonchev–Trinajstić information content (AvgIpc) is 3.32. The van der Waals surface area contributed by atoms with Crippen LogP contribution in [0.2, 0.25) is 0 Å². The monoisotopic (exact) mass is 339 g/mol. The van der Waals surface area contributed by atoms with E-state index in [4.69, 9.17) is 10.5 Å². The lowest BCUT2D eigenvalue weighted by Gasteiger charge is -2.31. The van der Waals surface area contributed by atoms with Gasteiger partial charge in [-0.1, -0.05) is 0 Å². The fraction of sp³-hybridized carbons (Fsp3) is 0.500. The lowest BCUT2D eigenvalue weighted by atomic mass is 9.90. The Balaban J connectivity index is 0.00000192. The molecule has 126 valence electrons. The Hall–Kier alpha value is -1.63. The molecule has 1 saturated carbocycles. The number of ether oxygens (including phenoxy) is 1. The zero-order valence-electron chi connectivity index (χ0n) is 12.8. The molecule has 2 amide bonds. The molecule has 0 spiro atoms. The summed E-state index contributed by atoms with van der Waals surface area (Å²) < 4.78 is 5.24. The summed E-state index contributed by atoms with van der Waals surface area (Å²) in [5, 5.41) is 5.75. The van der Waals surface area contributed by atoms with Gasteiger partial charge in [-0.25, -0.2) is 0 Å². The Morgan fingerprint density at radius 2 is 1.74 bits per heavy atom. The molecule has 4 N–H and O–H groups in total. The first-order valence-corrected chi connectivity index (χ1v) is 7.66. The molecule has 0 aromatic heterocycles. The van der Waals surface area contributed by atoms with Crippen LogP contribution in [0.5, 0.6) is 0 Å². The van der Waals surface area contributed by atoms with Gasteiger partial charge in [0.1, 0.15) is 5.54 Å². The molecule has 0 bridgehead atoms. The van der Waals surface area contributed by atoms with E-state index in [0.717, 1.165) is 12.8 Å². The van der Waals surface area contributed by atoms with Crippen molar-refractivity contribution in [1.29, 1.82) is 0 Å². The molecule has 1 aromatic carbocycles. The van der Waals surface area contributed by atoms with Gasteiger partial charge in [-0.15, -0.1) is 12.4 Å². The highest BCUT2D eigenvalue weighted by atomic mass is 35.5. The number of nitrogens with one attached hydrogen (secondary N) is 2. The van der Waals surface area contributed by atoms with Gasteiger partial charge < -0.3 is 21.1 Å². The first-order valence-electron chi connectivity index (χ1n) is 7.66.